The third-order valence-electron chi connectivity index (χ3n) is 3.40. The van der Waals surface area contributed by atoms with Crippen LogP contribution >= 0.6 is 0 Å². The fraction of sp³-hybridized carbons (Fsp3) is 0.571. The van der Waals surface area contributed by atoms with Crippen LogP contribution in [0.4, 0.5) is 14.5 Å². The van der Waals surface area contributed by atoms with E-state index in [4.69, 9.17) is 4.52 Å². The summed E-state index contributed by atoms with van der Waals surface area (Å²) in [5.74, 6) is -0.632. The molecule has 0 atom stereocenters. The van der Waals surface area contributed by atoms with Crippen molar-refractivity contribution in [3.05, 3.63) is 17.1 Å². The Kier molecular flexibility index (Phi) is 4.81. The van der Waals surface area contributed by atoms with E-state index in [1.807, 2.05) is 20.8 Å². The van der Waals surface area contributed by atoms with Crippen molar-refractivity contribution in [2.75, 3.05) is 4.72 Å². The quantitative estimate of drug-likeness (QED) is 0.859. The Morgan fingerprint density at radius 2 is 1.84 bits per heavy atom. The molecular formula is C14H20F2N4O4S. The summed E-state index contributed by atoms with van der Waals surface area (Å²) in [6, 6.07) is 0. The number of nitrogens with one attached hydrogen (secondary N) is 1. The third kappa shape index (κ3) is 3.75. The SMILES string of the molecule is Cc1nn(C(C)(C)C)c(C)c1S(=O)(=O)Nc1c(OC(F)F)noc1C. The highest BCUT2D eigenvalue weighted by molar-refractivity contribution is 7.92. The van der Waals surface area contributed by atoms with Crippen molar-refractivity contribution in [2.45, 2.75) is 58.6 Å². The zero-order valence-electron chi connectivity index (χ0n) is 14.7. The molecule has 2 aromatic rings. The molecule has 0 bridgehead atoms. The number of aromatic nitrogens is 3. The van der Waals surface area contributed by atoms with Gasteiger partial charge in [0.15, 0.2) is 11.4 Å². The number of hydrogen-bond acceptors (Lipinski definition) is 6. The van der Waals surface area contributed by atoms with Gasteiger partial charge >= 0.3 is 6.61 Å². The van der Waals surface area contributed by atoms with Gasteiger partial charge in [-0.1, -0.05) is 0 Å². The predicted octanol–water partition coefficient (Wildman–Crippen LogP) is 2.95. The van der Waals surface area contributed by atoms with Gasteiger partial charge in [-0.15, -0.1) is 0 Å². The van der Waals surface area contributed by atoms with Crippen molar-refractivity contribution in [2.24, 2.45) is 0 Å². The molecule has 0 radical (unpaired) electrons. The summed E-state index contributed by atoms with van der Waals surface area (Å²) >= 11 is 0. The van der Waals surface area contributed by atoms with Crippen molar-refractivity contribution < 1.29 is 26.5 Å². The van der Waals surface area contributed by atoms with E-state index in [9.17, 15) is 17.2 Å². The Bertz CT molecular complexity index is 882. The summed E-state index contributed by atoms with van der Waals surface area (Å²) in [5.41, 5.74) is -0.00412. The van der Waals surface area contributed by atoms with Crippen LogP contribution in [-0.2, 0) is 15.6 Å². The average molecular weight is 378 g/mol. The Morgan fingerprint density at radius 1 is 1.24 bits per heavy atom. The van der Waals surface area contributed by atoms with Gasteiger partial charge in [0.25, 0.3) is 15.9 Å². The van der Waals surface area contributed by atoms with Gasteiger partial charge in [0, 0.05) is 0 Å². The highest BCUT2D eigenvalue weighted by Gasteiger charge is 2.31. The van der Waals surface area contributed by atoms with E-state index in [1.54, 1.807) is 18.5 Å². The maximum atomic E-state index is 12.8. The number of sulfonamides is 1. The van der Waals surface area contributed by atoms with Crippen molar-refractivity contribution >= 4 is 15.7 Å². The van der Waals surface area contributed by atoms with Gasteiger partial charge in [0.1, 0.15) is 4.90 Å². The molecule has 2 aromatic heterocycles. The first-order valence-electron chi connectivity index (χ1n) is 7.35. The van der Waals surface area contributed by atoms with Crippen LogP contribution < -0.4 is 9.46 Å². The standard InChI is InChI=1S/C14H20F2N4O4S/c1-7-11(8(2)20(17-7)14(4,5)6)25(21,22)19-10-9(3)24-18-12(10)23-13(15)16/h13,19H,1-6H3. The molecule has 2 heterocycles. The molecule has 0 aliphatic carbocycles. The number of alkyl halides is 2. The number of anilines is 1. The van der Waals surface area contributed by atoms with E-state index < -0.39 is 28.1 Å². The van der Waals surface area contributed by atoms with Crippen molar-refractivity contribution in [1.29, 1.82) is 0 Å². The molecule has 25 heavy (non-hydrogen) atoms. The monoisotopic (exact) mass is 378 g/mol. The van der Waals surface area contributed by atoms with Crippen LogP contribution in [0.2, 0.25) is 0 Å². The van der Waals surface area contributed by atoms with Crippen molar-refractivity contribution in [3.63, 3.8) is 0 Å². The highest BCUT2D eigenvalue weighted by Crippen LogP contribution is 2.32. The molecule has 1 N–H and O–H groups in total. The summed E-state index contributed by atoms with van der Waals surface area (Å²) in [5, 5.41) is 7.58. The summed E-state index contributed by atoms with van der Waals surface area (Å²) in [6.45, 7) is 7.04. The Balaban J connectivity index is 2.49. The molecule has 0 unspecified atom stereocenters. The Morgan fingerprint density at radius 3 is 2.32 bits per heavy atom. The zero-order chi connectivity index (χ0) is 19.2. The van der Waals surface area contributed by atoms with Crippen LogP contribution in [-0.4, -0.2) is 30.0 Å². The summed E-state index contributed by atoms with van der Waals surface area (Å²) < 4.78 is 63.2. The first-order chi connectivity index (χ1) is 11.3. The number of hydrogen-bond donors (Lipinski definition) is 1. The lowest BCUT2D eigenvalue weighted by Gasteiger charge is -2.21. The Labute approximate surface area is 144 Å². The smallest absolute Gasteiger partial charge is 0.388 e. The lowest BCUT2D eigenvalue weighted by Crippen LogP contribution is -2.25. The van der Waals surface area contributed by atoms with Gasteiger partial charge in [-0.2, -0.15) is 13.9 Å². The summed E-state index contributed by atoms with van der Waals surface area (Å²) in [4.78, 5) is -0.0361. The predicted molar refractivity (Wildman–Crippen MR) is 85.4 cm³/mol. The molecule has 0 amide bonds. The van der Waals surface area contributed by atoms with E-state index in [0.717, 1.165) is 0 Å². The van der Waals surface area contributed by atoms with Crippen LogP contribution in [0.15, 0.2) is 9.42 Å². The maximum Gasteiger partial charge on any atom is 0.388 e. The van der Waals surface area contributed by atoms with Gasteiger partial charge < -0.3 is 9.26 Å². The van der Waals surface area contributed by atoms with Crippen LogP contribution in [0.25, 0.3) is 0 Å². The lowest BCUT2D eigenvalue weighted by atomic mass is 10.1. The number of halogens is 2. The van der Waals surface area contributed by atoms with Gasteiger partial charge in [-0.25, -0.2) is 8.42 Å². The van der Waals surface area contributed by atoms with Crippen LogP contribution in [0.3, 0.4) is 0 Å². The third-order valence-corrected chi connectivity index (χ3v) is 5.00. The molecule has 0 spiro atoms. The second kappa shape index (κ2) is 6.28. The number of rotatable bonds is 5. The number of nitrogens with zero attached hydrogens (tertiary/aromatic N) is 3. The van der Waals surface area contributed by atoms with Gasteiger partial charge in [-0.3, -0.25) is 9.40 Å². The Hall–Kier alpha value is -2.17. The van der Waals surface area contributed by atoms with Crippen LogP contribution in [0, 0.1) is 20.8 Å². The van der Waals surface area contributed by atoms with Gasteiger partial charge in [0.2, 0.25) is 0 Å². The molecule has 2 rings (SSSR count). The maximum absolute atomic E-state index is 12.8. The molecule has 0 aliphatic rings. The van der Waals surface area contributed by atoms with Crippen LogP contribution in [0.1, 0.15) is 37.9 Å². The minimum atomic E-state index is -4.12. The first kappa shape index (κ1) is 19.2. The molecule has 11 heteroatoms. The molecule has 140 valence electrons. The summed E-state index contributed by atoms with van der Waals surface area (Å²) in [7, 11) is -4.12. The fourth-order valence-corrected chi connectivity index (χ4v) is 3.99. The molecule has 0 saturated heterocycles. The van der Waals surface area contributed by atoms with E-state index in [-0.39, 0.29) is 22.0 Å². The molecule has 0 saturated carbocycles. The topological polar surface area (TPSA) is 99.2 Å². The minimum Gasteiger partial charge on any atom is -0.412 e. The second-order valence-electron chi connectivity index (χ2n) is 6.49. The average Bonchev–Trinajstić information content (AvgIpc) is 2.91. The molecule has 0 aliphatic heterocycles. The molecule has 0 aromatic carbocycles. The largest absolute Gasteiger partial charge is 0.412 e. The zero-order valence-corrected chi connectivity index (χ0v) is 15.5. The lowest BCUT2D eigenvalue weighted by molar-refractivity contribution is -0.0541. The van der Waals surface area contributed by atoms with Gasteiger partial charge in [0.05, 0.1) is 16.9 Å². The van der Waals surface area contributed by atoms with E-state index in [0.29, 0.717) is 5.69 Å². The van der Waals surface area contributed by atoms with Crippen molar-refractivity contribution in [3.8, 4) is 5.88 Å². The summed E-state index contributed by atoms with van der Waals surface area (Å²) in [6.07, 6.45) is 0. The second-order valence-corrected chi connectivity index (χ2v) is 8.10. The van der Waals surface area contributed by atoms with E-state index in [1.165, 1.54) is 6.92 Å². The number of ether oxygens (including phenoxy) is 1. The highest BCUT2D eigenvalue weighted by atomic mass is 32.2. The van der Waals surface area contributed by atoms with Crippen molar-refractivity contribution in [1.82, 2.24) is 14.9 Å². The number of aryl methyl sites for hydroxylation is 2. The van der Waals surface area contributed by atoms with Gasteiger partial charge in [-0.05, 0) is 46.7 Å². The fourth-order valence-electron chi connectivity index (χ4n) is 2.49. The molecular weight excluding hydrogens is 358 g/mol. The first-order valence-corrected chi connectivity index (χ1v) is 8.83. The molecule has 8 nitrogen and oxygen atoms in total. The normalized spacial score (nSPS) is 12.7. The van der Waals surface area contributed by atoms with Crippen LogP contribution in [0.5, 0.6) is 5.88 Å². The van der Waals surface area contributed by atoms with E-state index >= 15 is 0 Å². The van der Waals surface area contributed by atoms with E-state index in [2.05, 4.69) is 19.7 Å². The molecule has 0 fully saturated rings. The minimum absolute atomic E-state index is 0.00209.